The van der Waals surface area contributed by atoms with E-state index in [0.29, 0.717) is 23.7 Å². The summed E-state index contributed by atoms with van der Waals surface area (Å²) in [7, 11) is -1.51. The smallest absolute Gasteiger partial charge is 0.252 e. The highest BCUT2D eigenvalue weighted by atomic mass is 32.2. The van der Waals surface area contributed by atoms with Crippen molar-refractivity contribution in [2.75, 3.05) is 20.1 Å². The lowest BCUT2D eigenvalue weighted by Crippen LogP contribution is -2.44. The van der Waals surface area contributed by atoms with E-state index in [1.54, 1.807) is 21.8 Å². The molecule has 2 aliphatic heterocycles. The van der Waals surface area contributed by atoms with Crippen LogP contribution in [0.2, 0.25) is 0 Å². The maximum atomic E-state index is 12.6. The minimum absolute atomic E-state index is 0.128. The minimum atomic E-state index is -3.37. The van der Waals surface area contributed by atoms with Crippen LogP contribution in [0.4, 0.5) is 0 Å². The first kappa shape index (κ1) is 15.0. The van der Waals surface area contributed by atoms with Crippen molar-refractivity contribution in [2.45, 2.75) is 41.9 Å². The molecule has 1 aromatic heterocycles. The Morgan fingerprint density at radius 2 is 2.05 bits per heavy atom. The van der Waals surface area contributed by atoms with E-state index in [9.17, 15) is 13.2 Å². The Labute approximate surface area is 129 Å². The largest absolute Gasteiger partial charge is 0.340 e. The summed E-state index contributed by atoms with van der Waals surface area (Å²) >= 11 is 1.26. The second-order valence-electron chi connectivity index (χ2n) is 5.87. The molecular weight excluding hydrogens is 308 g/mol. The molecular formula is C14H20N2O3S2. The maximum Gasteiger partial charge on any atom is 0.252 e. The zero-order valence-corrected chi connectivity index (χ0v) is 13.8. The predicted molar refractivity (Wildman–Crippen MR) is 81.7 cm³/mol. The second-order valence-corrected chi connectivity index (χ2v) is 8.98. The van der Waals surface area contributed by atoms with Crippen molar-refractivity contribution in [3.05, 3.63) is 17.5 Å². The lowest BCUT2D eigenvalue weighted by Gasteiger charge is -2.35. The van der Waals surface area contributed by atoms with Crippen molar-refractivity contribution in [3.8, 4) is 0 Å². The van der Waals surface area contributed by atoms with E-state index in [1.165, 1.54) is 11.3 Å². The topological polar surface area (TPSA) is 57.7 Å². The summed E-state index contributed by atoms with van der Waals surface area (Å²) < 4.78 is 27.2. The highest BCUT2D eigenvalue weighted by molar-refractivity contribution is 7.91. The molecule has 2 fully saturated rings. The second kappa shape index (κ2) is 5.37. The number of thiophene rings is 1. The molecule has 1 aromatic rings. The summed E-state index contributed by atoms with van der Waals surface area (Å²) in [6.45, 7) is 1.04. The van der Waals surface area contributed by atoms with E-state index in [1.807, 2.05) is 11.9 Å². The molecule has 3 rings (SSSR count). The molecule has 0 aliphatic carbocycles. The van der Waals surface area contributed by atoms with E-state index < -0.39 is 10.0 Å². The van der Waals surface area contributed by atoms with Gasteiger partial charge in [-0.05, 0) is 37.1 Å². The Kier molecular flexibility index (Phi) is 3.83. The Morgan fingerprint density at radius 3 is 2.67 bits per heavy atom. The van der Waals surface area contributed by atoms with Gasteiger partial charge in [-0.25, -0.2) is 8.42 Å². The molecule has 116 valence electrons. The van der Waals surface area contributed by atoms with Crippen LogP contribution in [0, 0.1) is 0 Å². The van der Waals surface area contributed by atoms with Crippen LogP contribution in [0.15, 0.2) is 21.7 Å². The quantitative estimate of drug-likeness (QED) is 0.833. The monoisotopic (exact) mass is 328 g/mol. The number of carbonyl (C=O) groups is 1. The number of amides is 1. The molecule has 0 radical (unpaired) electrons. The molecule has 3 heterocycles. The summed E-state index contributed by atoms with van der Waals surface area (Å²) in [5.41, 5.74) is -0.128. The average Bonchev–Trinajstić information content (AvgIpc) is 3.01. The van der Waals surface area contributed by atoms with Gasteiger partial charge in [0.15, 0.2) is 0 Å². The van der Waals surface area contributed by atoms with Crippen molar-refractivity contribution >= 4 is 27.3 Å². The molecule has 1 atom stereocenters. The first-order chi connectivity index (χ1) is 9.96. The molecule has 1 unspecified atom stereocenters. The van der Waals surface area contributed by atoms with Gasteiger partial charge in [0.2, 0.25) is 5.91 Å². The van der Waals surface area contributed by atoms with Gasteiger partial charge < -0.3 is 4.90 Å². The third kappa shape index (κ3) is 2.51. The van der Waals surface area contributed by atoms with Gasteiger partial charge >= 0.3 is 0 Å². The van der Waals surface area contributed by atoms with E-state index in [4.69, 9.17) is 0 Å². The fourth-order valence-electron chi connectivity index (χ4n) is 3.46. The number of hydrogen-bond donors (Lipinski definition) is 0. The number of rotatable bonds is 2. The third-order valence-electron chi connectivity index (χ3n) is 4.86. The summed E-state index contributed by atoms with van der Waals surface area (Å²) in [4.78, 5) is 13.7. The van der Waals surface area contributed by atoms with Crippen molar-refractivity contribution in [1.82, 2.24) is 9.21 Å². The van der Waals surface area contributed by atoms with Gasteiger partial charge in [0.25, 0.3) is 10.0 Å². The van der Waals surface area contributed by atoms with Crippen molar-refractivity contribution in [1.29, 1.82) is 0 Å². The van der Waals surface area contributed by atoms with Crippen LogP contribution in [0.25, 0.3) is 0 Å². The summed E-state index contributed by atoms with van der Waals surface area (Å²) in [5, 5.41) is 1.79. The van der Waals surface area contributed by atoms with Crippen LogP contribution >= 0.6 is 11.3 Å². The Bertz CT molecular complexity index is 627. The highest BCUT2D eigenvalue weighted by Gasteiger charge is 2.44. The van der Waals surface area contributed by atoms with E-state index in [2.05, 4.69) is 0 Å². The van der Waals surface area contributed by atoms with Crippen LogP contribution in [-0.2, 0) is 14.8 Å². The third-order valence-corrected chi connectivity index (χ3v) is 8.13. The molecule has 1 amide bonds. The molecule has 2 aliphatic rings. The summed E-state index contributed by atoms with van der Waals surface area (Å²) in [5.74, 6) is 0.185. The van der Waals surface area contributed by atoms with Crippen LogP contribution in [0.5, 0.6) is 0 Å². The molecule has 21 heavy (non-hydrogen) atoms. The first-order valence-electron chi connectivity index (χ1n) is 7.26. The molecule has 7 heteroatoms. The molecule has 0 aromatic carbocycles. The van der Waals surface area contributed by atoms with Crippen LogP contribution in [0.3, 0.4) is 0 Å². The fraction of sp³-hybridized carbons (Fsp3) is 0.643. The van der Waals surface area contributed by atoms with E-state index in [0.717, 1.165) is 25.7 Å². The lowest BCUT2D eigenvalue weighted by atomic mass is 9.88. The zero-order chi connectivity index (χ0) is 15.1. The average molecular weight is 328 g/mol. The molecule has 5 nitrogen and oxygen atoms in total. The number of carbonyl (C=O) groups excluding carboxylic acids is 1. The fourth-order valence-corrected chi connectivity index (χ4v) is 6.08. The molecule has 0 N–H and O–H groups in total. The van der Waals surface area contributed by atoms with Crippen molar-refractivity contribution in [2.24, 2.45) is 0 Å². The van der Waals surface area contributed by atoms with Gasteiger partial charge in [-0.15, -0.1) is 11.3 Å². The first-order valence-corrected chi connectivity index (χ1v) is 9.58. The SMILES string of the molecule is CN1C(=O)CCC12CCCN(S(=O)(=O)c1cccs1)CC2. The van der Waals surface area contributed by atoms with Crippen LogP contribution in [-0.4, -0.2) is 49.2 Å². The van der Waals surface area contributed by atoms with Crippen LogP contribution < -0.4 is 0 Å². The number of hydrogen-bond acceptors (Lipinski definition) is 4. The minimum Gasteiger partial charge on any atom is -0.340 e. The summed E-state index contributed by atoms with van der Waals surface area (Å²) in [6.07, 6.45) is 3.89. The molecule has 0 saturated carbocycles. The van der Waals surface area contributed by atoms with Gasteiger partial charge in [-0.3, -0.25) is 4.79 Å². The Balaban J connectivity index is 1.79. The molecule has 2 saturated heterocycles. The lowest BCUT2D eigenvalue weighted by molar-refractivity contribution is -0.129. The van der Waals surface area contributed by atoms with Gasteiger partial charge in [-0.2, -0.15) is 4.31 Å². The van der Waals surface area contributed by atoms with E-state index in [-0.39, 0.29) is 11.4 Å². The van der Waals surface area contributed by atoms with Gasteiger partial charge in [0.05, 0.1) is 0 Å². The van der Waals surface area contributed by atoms with Gasteiger partial charge in [-0.1, -0.05) is 6.07 Å². The Hall–Kier alpha value is -0.920. The highest BCUT2D eigenvalue weighted by Crippen LogP contribution is 2.38. The van der Waals surface area contributed by atoms with Gasteiger partial charge in [0, 0.05) is 32.1 Å². The predicted octanol–water partition coefficient (Wildman–Crippen LogP) is 1.91. The standard InChI is InChI=1S/C14H20N2O3S2/c1-15-12(17)5-7-14(15)6-3-9-16(10-8-14)21(18,19)13-4-2-11-20-13/h2,4,11H,3,5-10H2,1H3. The van der Waals surface area contributed by atoms with E-state index >= 15 is 0 Å². The van der Waals surface area contributed by atoms with Crippen molar-refractivity contribution < 1.29 is 13.2 Å². The number of sulfonamides is 1. The molecule has 1 spiro atoms. The van der Waals surface area contributed by atoms with Gasteiger partial charge in [0.1, 0.15) is 4.21 Å². The molecule has 0 bridgehead atoms. The zero-order valence-electron chi connectivity index (χ0n) is 12.1. The normalized spacial score (nSPS) is 28.2. The summed E-state index contributed by atoms with van der Waals surface area (Å²) in [6, 6.07) is 3.42. The van der Waals surface area contributed by atoms with Crippen molar-refractivity contribution in [3.63, 3.8) is 0 Å². The number of likely N-dealkylation sites (tertiary alicyclic amines) is 1. The maximum absolute atomic E-state index is 12.6. The van der Waals surface area contributed by atoms with Crippen LogP contribution in [0.1, 0.15) is 32.1 Å². The Morgan fingerprint density at radius 1 is 1.24 bits per heavy atom. The number of nitrogens with zero attached hydrogens (tertiary/aromatic N) is 2.